The summed E-state index contributed by atoms with van der Waals surface area (Å²) in [6.45, 7) is 26.1. The standard InChI is InChI=1S/C33H39N3O2.C32H37N3O3.C30H33N3O4.C27H28N4O3/c1-22-18-32(35-29-15-12-26(13-16-29)19-25-8-5-4-6-9-25)31-21-28(14-17-33(31)36(22)24(3)38)27-10-7-11-30(20-27)34-23(2)37;1-21-17-31(34-28-12-9-24(10-13-28)7-8-25-15-16-38-20-25)30-19-27(11-14-32(30)35(21)23(3)37)26-5-4-6-29(18-26)33-22(2)36;1-19-14-29(32-25-11-8-22(9-12-25)15-27(36)18-37-4)28-17-24(10-13-30(28)33(19)21(3)35)23-6-5-7-26(16-23)31-20(2)34;1-17-14-26(29-22-9-11-24(12-10-22)30(4)34)25-16-21(8-13-27(25)31(17)19(3)33)20-6-5-7-23(15-20)28-18(2)32/h7,10-17,20-22,25,32,35H,4-6,8-9,18-19H2,1-3H3,(H,34,37);4-6,9-14,18-19,21,25,31,34H,7-8,15-17,20H2,1-3H3,(H,33,36);5-13,16-17,19,29,32H,14-15,18H2,1-4H3,(H,31,34);5-13,15-17,26,29H,4,14H2,1-3H3,(H,28,32)/t22-,32+;21-,25?,31+;19-,29+;17-,26+/m0000/s1. The number of anilines is 12. The number of benzene rings is 12. The molecule has 147 heavy (non-hydrogen) atoms. The zero-order valence-corrected chi connectivity index (χ0v) is 86.5. The molecule has 6 aliphatic rings. The average Bonchev–Trinajstić information content (AvgIpc) is 1.12. The maximum Gasteiger partial charge on any atom is 0.224 e. The van der Waals surface area contributed by atoms with Crippen LogP contribution in [0.2, 0.25) is 0 Å². The third-order valence-corrected chi connectivity index (χ3v) is 28.3. The number of rotatable bonds is 26. The fraction of sp³-hybridized carbons (Fsp3) is 0.328. The molecule has 5 heterocycles. The van der Waals surface area contributed by atoms with Crippen LogP contribution in [0.1, 0.15) is 217 Å². The molecule has 5 aliphatic heterocycles. The summed E-state index contributed by atoms with van der Waals surface area (Å²) >= 11 is 0. The minimum Gasteiger partial charge on any atom is -0.619 e. The summed E-state index contributed by atoms with van der Waals surface area (Å²) in [7, 11) is 1.52. The Kier molecular flexibility index (Phi) is 35.3. The second-order valence-electron chi connectivity index (χ2n) is 40.0. The number of aryl methyl sites for hydroxylation is 1. The van der Waals surface area contributed by atoms with Gasteiger partial charge in [-0.2, -0.15) is 4.74 Å². The van der Waals surface area contributed by atoms with Gasteiger partial charge >= 0.3 is 0 Å². The van der Waals surface area contributed by atoms with Gasteiger partial charge in [0.1, 0.15) is 13.3 Å². The van der Waals surface area contributed by atoms with Crippen molar-refractivity contribution in [3.05, 3.63) is 311 Å². The zero-order valence-electron chi connectivity index (χ0n) is 86.5. The quantitative estimate of drug-likeness (QED) is 0.0108. The molecule has 0 radical (unpaired) electrons. The van der Waals surface area contributed by atoms with E-state index in [1.165, 1.54) is 97.3 Å². The van der Waals surface area contributed by atoms with Crippen molar-refractivity contribution in [1.82, 2.24) is 0 Å². The van der Waals surface area contributed by atoms with Crippen LogP contribution in [0, 0.1) is 17.0 Å². The highest BCUT2D eigenvalue weighted by Crippen LogP contribution is 2.48. The Balaban J connectivity index is 0.000000147. The Morgan fingerprint density at radius 1 is 0.354 bits per heavy atom. The molecule has 762 valence electrons. The van der Waals surface area contributed by atoms with Gasteiger partial charge in [0, 0.05) is 187 Å². The van der Waals surface area contributed by atoms with Crippen molar-refractivity contribution in [3.63, 3.8) is 0 Å². The summed E-state index contributed by atoms with van der Waals surface area (Å²) in [5.74, 6) is 1.25. The lowest BCUT2D eigenvalue weighted by Crippen LogP contribution is -2.43. The van der Waals surface area contributed by atoms with Crippen LogP contribution in [0.5, 0.6) is 0 Å². The molecule has 2 fully saturated rings. The summed E-state index contributed by atoms with van der Waals surface area (Å²) in [5.41, 5.74) is 27.3. The average molecular weight is 1980 g/mol. The summed E-state index contributed by atoms with van der Waals surface area (Å²) in [5, 5.41) is 37.6. The van der Waals surface area contributed by atoms with Gasteiger partial charge < -0.3 is 76.8 Å². The molecule has 0 aromatic heterocycles. The van der Waals surface area contributed by atoms with Crippen molar-refractivity contribution in [1.29, 1.82) is 0 Å². The largest absolute Gasteiger partial charge is 0.619 e. The number of nitrogens with zero attached hydrogens (tertiary/aromatic N) is 5. The first kappa shape index (κ1) is 106. The van der Waals surface area contributed by atoms with E-state index in [2.05, 4.69) is 173 Å². The molecule has 1 unspecified atom stereocenters. The zero-order chi connectivity index (χ0) is 104. The fourth-order valence-electron chi connectivity index (χ4n) is 21.7. The Bertz CT molecular complexity index is 6760. The Hall–Kier alpha value is -15.3. The van der Waals surface area contributed by atoms with Gasteiger partial charge in [-0.1, -0.05) is 141 Å². The Morgan fingerprint density at radius 3 is 0.939 bits per heavy atom. The SMILES string of the molecule is C=[N+]([O-])c1ccc(N[C@@H]2C[C@H](C)N(C(C)=O)c3ccc(-c4cccc(NC(C)=O)c4)cc32)cc1.CC(=O)Nc1cccc(-c2ccc3c(c2)[C@H](Nc2ccc(CC4CCCCC4)cc2)C[C@H](C)N3C(C)=O)c1.CC(=O)Nc1cccc(-c2ccc3c(c2)[C@H](Nc2ccc(CCC4CCOC4)cc2)C[C@H](C)N3C(C)=O)c1.COCC(=O)Cc1ccc(N[C@@H]2C[C@H](C)N(C(C)=O)c3ccc(-c4cccc(NC(C)=O)c4)cc32)cc1. The van der Waals surface area contributed by atoms with E-state index in [1.807, 2.05) is 178 Å². The molecule has 1 saturated heterocycles. The monoisotopic (exact) mass is 1980 g/mol. The molecule has 1 aliphatic carbocycles. The van der Waals surface area contributed by atoms with Gasteiger partial charge in [0.15, 0.2) is 5.78 Å². The van der Waals surface area contributed by atoms with E-state index in [0.717, 1.165) is 192 Å². The van der Waals surface area contributed by atoms with Gasteiger partial charge in [-0.15, -0.1) is 0 Å². The number of amides is 8. The lowest BCUT2D eigenvalue weighted by atomic mass is 9.85. The highest BCUT2D eigenvalue weighted by Gasteiger charge is 2.38. The van der Waals surface area contributed by atoms with E-state index in [1.54, 1.807) is 39.8 Å². The number of ether oxygens (including phenoxy) is 2. The first-order valence-corrected chi connectivity index (χ1v) is 51.3. The number of carbonyl (C=O) groups excluding carboxylic acids is 9. The maximum absolute atomic E-state index is 12.6. The molecule has 12 aromatic carbocycles. The highest BCUT2D eigenvalue weighted by atomic mass is 16.5. The number of hydrogen-bond donors (Lipinski definition) is 8. The Labute approximate surface area is 863 Å². The molecule has 8 N–H and O–H groups in total. The molecule has 0 bridgehead atoms. The summed E-state index contributed by atoms with van der Waals surface area (Å²) < 4.78 is 11.0. The van der Waals surface area contributed by atoms with Gasteiger partial charge in [0.2, 0.25) is 52.9 Å². The van der Waals surface area contributed by atoms with E-state index in [9.17, 15) is 48.4 Å². The lowest BCUT2D eigenvalue weighted by Gasteiger charge is -2.40. The van der Waals surface area contributed by atoms with Gasteiger partial charge in [-0.3, -0.25) is 43.2 Å². The molecule has 9 atom stereocenters. The minimum absolute atomic E-state index is 0.00272. The first-order chi connectivity index (χ1) is 70.7. The van der Waals surface area contributed by atoms with Crippen molar-refractivity contribution in [3.8, 4) is 44.5 Å². The number of ketones is 1. The van der Waals surface area contributed by atoms with Crippen LogP contribution in [-0.4, -0.2) is 116 Å². The van der Waals surface area contributed by atoms with Crippen molar-refractivity contribution in [2.75, 3.05) is 89.1 Å². The number of hydrogen-bond acceptors (Lipinski definition) is 16. The molecule has 25 nitrogen and oxygen atoms in total. The van der Waals surface area contributed by atoms with Gasteiger partial charge in [-0.25, -0.2) is 0 Å². The van der Waals surface area contributed by atoms with Gasteiger partial charge in [0.05, 0.1) is 24.2 Å². The van der Waals surface area contributed by atoms with Gasteiger partial charge in [0.25, 0.3) is 0 Å². The maximum atomic E-state index is 12.6. The van der Waals surface area contributed by atoms with Crippen LogP contribution < -0.4 is 62.1 Å². The number of fused-ring (bicyclic) bond motifs is 4. The summed E-state index contributed by atoms with van der Waals surface area (Å²) in [6.07, 6.45) is 14.9. The second kappa shape index (κ2) is 49.0. The third kappa shape index (κ3) is 27.7. The molecule has 8 amide bonds. The second-order valence-corrected chi connectivity index (χ2v) is 40.0. The summed E-state index contributed by atoms with van der Waals surface area (Å²) in [4.78, 5) is 116. The van der Waals surface area contributed by atoms with E-state index in [-0.39, 0.29) is 108 Å². The number of methoxy groups -OCH3 is 1. The van der Waals surface area contributed by atoms with Crippen LogP contribution in [0.3, 0.4) is 0 Å². The van der Waals surface area contributed by atoms with Gasteiger partial charge in [-0.05, 0) is 320 Å². The van der Waals surface area contributed by atoms with Crippen molar-refractivity contribution >= 4 is 134 Å². The van der Waals surface area contributed by atoms with E-state index >= 15 is 0 Å². The molecule has 1 saturated carbocycles. The predicted molar refractivity (Wildman–Crippen MR) is 593 cm³/mol. The van der Waals surface area contributed by atoms with E-state index in [0.29, 0.717) is 22.8 Å². The fourth-order valence-corrected chi connectivity index (χ4v) is 21.7. The molecular weight excluding hydrogens is 1840 g/mol. The topological polar surface area (TPSA) is 307 Å². The van der Waals surface area contributed by atoms with Crippen molar-refractivity contribution < 1.29 is 57.4 Å². The number of carbonyl (C=O) groups is 9. The predicted octanol–water partition coefficient (Wildman–Crippen LogP) is 25.1. The van der Waals surface area contributed by atoms with Crippen LogP contribution in [0.4, 0.5) is 73.9 Å². The number of Topliss-reactive ketones (excluding diaryl/α,β-unsaturated/α-hetero) is 1. The van der Waals surface area contributed by atoms with Crippen LogP contribution in [0.25, 0.3) is 44.5 Å². The number of nitrogens with one attached hydrogen (secondary N) is 8. The van der Waals surface area contributed by atoms with E-state index in [4.69, 9.17) is 9.47 Å². The normalized spacial score (nSPS) is 18.5. The Morgan fingerprint density at radius 2 is 0.653 bits per heavy atom. The van der Waals surface area contributed by atoms with Crippen molar-refractivity contribution in [2.24, 2.45) is 11.8 Å². The minimum atomic E-state index is -0.122. The highest BCUT2D eigenvalue weighted by molar-refractivity contribution is 5.99. The summed E-state index contributed by atoms with van der Waals surface area (Å²) in [6, 6.07) is 89.1. The van der Waals surface area contributed by atoms with Crippen LogP contribution in [0.15, 0.2) is 267 Å². The molecule has 0 spiro atoms. The molecule has 25 heteroatoms. The lowest BCUT2D eigenvalue weighted by molar-refractivity contribution is -0.349. The third-order valence-electron chi connectivity index (χ3n) is 28.3. The van der Waals surface area contributed by atoms with Crippen LogP contribution >= 0.6 is 0 Å². The first-order valence-electron chi connectivity index (χ1n) is 51.3. The van der Waals surface area contributed by atoms with E-state index < -0.39 is 0 Å². The molecule has 12 aromatic rings. The molecular formula is C122H137N13O12. The van der Waals surface area contributed by atoms with Crippen LogP contribution in [-0.2, 0) is 71.9 Å². The smallest absolute Gasteiger partial charge is 0.224 e. The molecule has 18 rings (SSSR count). The van der Waals surface area contributed by atoms with Crippen molar-refractivity contribution in [2.45, 2.75) is 221 Å².